The van der Waals surface area contributed by atoms with Gasteiger partial charge in [-0.15, -0.1) is 0 Å². The van der Waals surface area contributed by atoms with Gasteiger partial charge in [-0.2, -0.15) is 11.8 Å². The predicted molar refractivity (Wildman–Crippen MR) is 114 cm³/mol. The first-order valence-corrected chi connectivity index (χ1v) is 10.7. The van der Waals surface area contributed by atoms with E-state index in [9.17, 15) is 9.59 Å². The Labute approximate surface area is 174 Å². The maximum absolute atomic E-state index is 12.7. The fraction of sp³-hybridized carbons (Fsp3) is 0.273. The first-order valence-electron chi connectivity index (χ1n) is 9.29. The first-order chi connectivity index (χ1) is 14.1. The third-order valence-corrected chi connectivity index (χ3v) is 5.02. The number of thioether (sulfide) groups is 1. The Morgan fingerprint density at radius 3 is 2.69 bits per heavy atom. The summed E-state index contributed by atoms with van der Waals surface area (Å²) in [6.07, 6.45) is 1.95. The lowest BCUT2D eigenvalue weighted by Gasteiger charge is -2.28. The van der Waals surface area contributed by atoms with E-state index in [0.29, 0.717) is 36.0 Å². The number of ether oxygens (including phenoxy) is 2. The van der Waals surface area contributed by atoms with Crippen molar-refractivity contribution in [1.29, 1.82) is 0 Å². The average molecular weight is 413 g/mol. The van der Waals surface area contributed by atoms with Crippen molar-refractivity contribution in [2.75, 3.05) is 18.6 Å². The SMILES string of the molecule is CSCCOC(=O)C1=C(C)NC(=O)NC1c1cccc(OCc2ccccc2)c1. The zero-order chi connectivity index (χ0) is 20.6. The Morgan fingerprint density at radius 2 is 1.93 bits per heavy atom. The molecule has 1 atom stereocenters. The molecule has 152 valence electrons. The summed E-state index contributed by atoms with van der Waals surface area (Å²) in [5, 5.41) is 5.47. The Kier molecular flexibility index (Phi) is 7.19. The van der Waals surface area contributed by atoms with Gasteiger partial charge in [-0.1, -0.05) is 42.5 Å². The average Bonchev–Trinajstić information content (AvgIpc) is 2.73. The van der Waals surface area contributed by atoms with Gasteiger partial charge in [-0.3, -0.25) is 0 Å². The Balaban J connectivity index is 1.80. The van der Waals surface area contributed by atoms with Crippen molar-refractivity contribution in [3.05, 3.63) is 77.0 Å². The van der Waals surface area contributed by atoms with Crippen LogP contribution in [-0.2, 0) is 16.1 Å². The van der Waals surface area contributed by atoms with Crippen LogP contribution < -0.4 is 15.4 Å². The molecule has 7 heteroatoms. The summed E-state index contributed by atoms with van der Waals surface area (Å²) in [5.74, 6) is 0.933. The van der Waals surface area contributed by atoms with Gasteiger partial charge in [-0.05, 0) is 36.4 Å². The highest BCUT2D eigenvalue weighted by Crippen LogP contribution is 2.30. The maximum atomic E-state index is 12.7. The van der Waals surface area contributed by atoms with Crippen LogP contribution in [0.5, 0.6) is 5.75 Å². The van der Waals surface area contributed by atoms with Gasteiger partial charge in [0.2, 0.25) is 0 Å². The van der Waals surface area contributed by atoms with Crippen LogP contribution in [0.15, 0.2) is 65.9 Å². The highest BCUT2D eigenvalue weighted by atomic mass is 32.2. The number of carbonyl (C=O) groups is 2. The fourth-order valence-electron chi connectivity index (χ4n) is 3.03. The number of urea groups is 1. The number of benzene rings is 2. The van der Waals surface area contributed by atoms with Gasteiger partial charge in [0.1, 0.15) is 19.0 Å². The molecule has 2 aromatic carbocycles. The Hall–Kier alpha value is -2.93. The summed E-state index contributed by atoms with van der Waals surface area (Å²) in [7, 11) is 0. The molecule has 29 heavy (non-hydrogen) atoms. The zero-order valence-electron chi connectivity index (χ0n) is 16.4. The fourth-order valence-corrected chi connectivity index (χ4v) is 3.28. The molecule has 0 aromatic heterocycles. The summed E-state index contributed by atoms with van der Waals surface area (Å²) < 4.78 is 11.3. The van der Waals surface area contributed by atoms with Crippen molar-refractivity contribution >= 4 is 23.8 Å². The smallest absolute Gasteiger partial charge is 0.338 e. The number of hydrogen-bond donors (Lipinski definition) is 2. The molecular weight excluding hydrogens is 388 g/mol. The van der Waals surface area contributed by atoms with Crippen LogP contribution >= 0.6 is 11.8 Å². The van der Waals surface area contributed by atoms with Gasteiger partial charge >= 0.3 is 12.0 Å². The molecule has 0 radical (unpaired) electrons. The molecule has 1 unspecified atom stereocenters. The number of rotatable bonds is 8. The molecule has 2 amide bonds. The van der Waals surface area contributed by atoms with E-state index >= 15 is 0 Å². The van der Waals surface area contributed by atoms with Gasteiger partial charge in [0.15, 0.2) is 0 Å². The molecule has 0 saturated heterocycles. The van der Waals surface area contributed by atoms with Crippen molar-refractivity contribution in [3.63, 3.8) is 0 Å². The first kappa shape index (κ1) is 20.8. The lowest BCUT2D eigenvalue weighted by molar-refractivity contribution is -0.138. The zero-order valence-corrected chi connectivity index (χ0v) is 17.3. The minimum atomic E-state index is -0.606. The van der Waals surface area contributed by atoms with E-state index < -0.39 is 12.0 Å². The topological polar surface area (TPSA) is 76.7 Å². The molecule has 1 aliphatic heterocycles. The molecule has 1 heterocycles. The lowest BCUT2D eigenvalue weighted by Crippen LogP contribution is -2.45. The second-order valence-corrected chi connectivity index (χ2v) is 7.53. The molecule has 2 N–H and O–H groups in total. The third-order valence-electron chi connectivity index (χ3n) is 4.45. The third kappa shape index (κ3) is 5.54. The van der Waals surface area contributed by atoms with Crippen LogP contribution in [0.25, 0.3) is 0 Å². The summed E-state index contributed by atoms with van der Waals surface area (Å²) in [5.41, 5.74) is 2.69. The summed E-state index contributed by atoms with van der Waals surface area (Å²) in [4.78, 5) is 24.7. The molecule has 0 aliphatic carbocycles. The number of esters is 1. The van der Waals surface area contributed by atoms with E-state index in [4.69, 9.17) is 9.47 Å². The van der Waals surface area contributed by atoms with Crippen LogP contribution in [0.1, 0.15) is 24.1 Å². The van der Waals surface area contributed by atoms with Gasteiger partial charge in [0.05, 0.1) is 11.6 Å². The molecule has 0 fully saturated rings. The minimum Gasteiger partial charge on any atom is -0.489 e. The van der Waals surface area contributed by atoms with Crippen molar-refractivity contribution < 1.29 is 19.1 Å². The largest absolute Gasteiger partial charge is 0.489 e. The van der Waals surface area contributed by atoms with E-state index in [-0.39, 0.29) is 6.03 Å². The highest BCUT2D eigenvalue weighted by Gasteiger charge is 2.32. The molecule has 2 aromatic rings. The molecule has 0 spiro atoms. The van der Waals surface area contributed by atoms with Crippen LogP contribution in [0, 0.1) is 0 Å². The van der Waals surface area contributed by atoms with E-state index in [1.165, 1.54) is 0 Å². The summed E-state index contributed by atoms with van der Waals surface area (Å²) >= 11 is 1.60. The van der Waals surface area contributed by atoms with Crippen LogP contribution in [-0.4, -0.2) is 30.6 Å². The number of amides is 2. The lowest BCUT2D eigenvalue weighted by atomic mass is 9.95. The van der Waals surface area contributed by atoms with Crippen LogP contribution in [0.2, 0.25) is 0 Å². The molecule has 1 aliphatic rings. The number of nitrogens with one attached hydrogen (secondary N) is 2. The van der Waals surface area contributed by atoms with Gasteiger partial charge in [0.25, 0.3) is 0 Å². The van der Waals surface area contributed by atoms with Crippen molar-refractivity contribution in [3.8, 4) is 5.75 Å². The van der Waals surface area contributed by atoms with Gasteiger partial charge < -0.3 is 20.1 Å². The molecule has 6 nitrogen and oxygen atoms in total. The molecular formula is C22H24N2O4S. The van der Waals surface area contributed by atoms with Crippen molar-refractivity contribution in [1.82, 2.24) is 10.6 Å². The Morgan fingerprint density at radius 1 is 1.14 bits per heavy atom. The van der Waals surface area contributed by atoms with Crippen molar-refractivity contribution in [2.45, 2.75) is 19.6 Å². The van der Waals surface area contributed by atoms with Crippen LogP contribution in [0.3, 0.4) is 0 Å². The molecule has 3 rings (SSSR count). The number of hydrogen-bond acceptors (Lipinski definition) is 5. The second-order valence-electron chi connectivity index (χ2n) is 6.55. The minimum absolute atomic E-state index is 0.317. The summed E-state index contributed by atoms with van der Waals surface area (Å²) in [6, 6.07) is 16.3. The van der Waals surface area contributed by atoms with E-state index in [2.05, 4.69) is 10.6 Å². The van der Waals surface area contributed by atoms with E-state index in [0.717, 1.165) is 11.1 Å². The summed E-state index contributed by atoms with van der Waals surface area (Å²) in [6.45, 7) is 2.45. The normalized spacial score (nSPS) is 16.1. The predicted octanol–water partition coefficient (Wildman–Crippen LogP) is 3.80. The van der Waals surface area contributed by atoms with Crippen molar-refractivity contribution in [2.24, 2.45) is 0 Å². The Bertz CT molecular complexity index is 899. The van der Waals surface area contributed by atoms with Gasteiger partial charge in [-0.25, -0.2) is 9.59 Å². The highest BCUT2D eigenvalue weighted by molar-refractivity contribution is 7.98. The van der Waals surface area contributed by atoms with Crippen LogP contribution in [0.4, 0.5) is 4.79 Å². The number of carbonyl (C=O) groups excluding carboxylic acids is 2. The monoisotopic (exact) mass is 412 g/mol. The van der Waals surface area contributed by atoms with E-state index in [1.807, 2.05) is 60.9 Å². The van der Waals surface area contributed by atoms with Gasteiger partial charge in [0, 0.05) is 11.4 Å². The van der Waals surface area contributed by atoms with E-state index in [1.54, 1.807) is 18.7 Å². The quantitative estimate of drug-likeness (QED) is 0.509. The standard InChI is InChI=1S/C22H24N2O4S/c1-15-19(21(25)27-11-12-29-2)20(24-22(26)23-15)17-9-6-10-18(13-17)28-14-16-7-4-3-5-8-16/h3-10,13,20H,11-12,14H2,1-2H3,(H2,23,24,26). The molecule has 0 bridgehead atoms. The number of allylic oxidation sites excluding steroid dienone is 1. The second kappa shape index (κ2) is 10.0. The molecule has 0 saturated carbocycles. The maximum Gasteiger partial charge on any atom is 0.338 e.